The molecule has 4 heterocycles. The molecule has 2 N–H and O–H groups in total. The minimum absolute atomic E-state index is 0.0641. The van der Waals surface area contributed by atoms with Crippen molar-refractivity contribution < 1.29 is 32.9 Å². The molecule has 11 nitrogen and oxygen atoms in total. The number of fused-ring (bicyclic) bond motifs is 2. The monoisotopic (exact) mass is 487 g/mol. The van der Waals surface area contributed by atoms with Crippen LogP contribution in [0.15, 0.2) is 36.9 Å². The summed E-state index contributed by atoms with van der Waals surface area (Å²) in [6.45, 7) is -0.933. The fourth-order valence-corrected chi connectivity index (χ4v) is 4.17. The molecule has 2 aliphatic heterocycles. The van der Waals surface area contributed by atoms with Gasteiger partial charge < -0.3 is 24.7 Å². The van der Waals surface area contributed by atoms with Crippen LogP contribution in [0, 0.1) is 12.3 Å². The molecular formula is C21H15ClFN5O6. The van der Waals surface area contributed by atoms with E-state index in [1.54, 1.807) is 24.3 Å². The van der Waals surface area contributed by atoms with Gasteiger partial charge in [0.25, 0.3) is 11.5 Å². The summed E-state index contributed by atoms with van der Waals surface area (Å²) in [6.07, 6.45) is 3.47. The number of nitrogens with zero attached hydrogens (tertiary/aromatic N) is 4. The summed E-state index contributed by atoms with van der Waals surface area (Å²) < 4.78 is 38.3. The van der Waals surface area contributed by atoms with E-state index >= 15 is 4.39 Å². The average Bonchev–Trinajstić information content (AvgIpc) is 3.44. The van der Waals surface area contributed by atoms with E-state index < -0.39 is 42.5 Å². The van der Waals surface area contributed by atoms with Gasteiger partial charge in [-0.2, -0.15) is 0 Å². The van der Waals surface area contributed by atoms with Crippen molar-refractivity contribution in [1.82, 2.24) is 19.5 Å². The molecule has 2 aliphatic rings. The normalized spacial score (nSPS) is 27.6. The number of halogens is 2. The minimum Gasteiger partial charge on any atom is -0.459 e. The maximum absolute atomic E-state index is 16.1. The highest BCUT2D eigenvalue weighted by Crippen LogP contribution is 2.52. The summed E-state index contributed by atoms with van der Waals surface area (Å²) in [6, 6.07) is 6.54. The van der Waals surface area contributed by atoms with E-state index in [2.05, 4.69) is 20.9 Å². The van der Waals surface area contributed by atoms with Gasteiger partial charge in [-0.05, 0) is 23.6 Å². The Labute approximate surface area is 195 Å². The average molecular weight is 488 g/mol. The number of hydrogen-bond donors (Lipinski definition) is 1. The van der Waals surface area contributed by atoms with E-state index in [1.807, 2.05) is 0 Å². The van der Waals surface area contributed by atoms with Gasteiger partial charge in [-0.15, -0.1) is 6.42 Å². The van der Waals surface area contributed by atoms with Crippen molar-refractivity contribution in [1.29, 1.82) is 0 Å². The predicted molar refractivity (Wildman–Crippen MR) is 113 cm³/mol. The van der Waals surface area contributed by atoms with E-state index in [4.69, 9.17) is 42.7 Å². The van der Waals surface area contributed by atoms with Gasteiger partial charge >= 0.3 is 12.1 Å². The molecule has 0 bridgehead atoms. The fourth-order valence-electron chi connectivity index (χ4n) is 3.96. The second-order valence-electron chi connectivity index (χ2n) is 7.59. The van der Waals surface area contributed by atoms with Crippen molar-refractivity contribution in [3.8, 4) is 12.3 Å². The number of alkyl halides is 1. The molecule has 2 fully saturated rings. The first-order valence-electron chi connectivity index (χ1n) is 9.83. The predicted octanol–water partition coefficient (Wildman–Crippen LogP) is 1.95. The number of imidazole rings is 1. The highest BCUT2D eigenvalue weighted by atomic mass is 35.5. The first-order chi connectivity index (χ1) is 16.3. The van der Waals surface area contributed by atoms with Crippen LogP contribution in [-0.2, 0) is 30.2 Å². The van der Waals surface area contributed by atoms with Crippen LogP contribution in [0.5, 0.6) is 0 Å². The minimum atomic E-state index is -2.84. The van der Waals surface area contributed by atoms with Gasteiger partial charge in [0.2, 0.25) is 6.10 Å². The Balaban J connectivity index is 1.44. The molecule has 5 rings (SSSR count). The van der Waals surface area contributed by atoms with Crippen LogP contribution in [0.2, 0.25) is 5.02 Å². The molecule has 0 saturated carbocycles. The molecule has 0 radical (unpaired) electrons. The summed E-state index contributed by atoms with van der Waals surface area (Å²) in [5.41, 5.74) is 4.68. The van der Waals surface area contributed by atoms with Gasteiger partial charge in [0.05, 0.1) is 12.7 Å². The third-order valence-electron chi connectivity index (χ3n) is 5.45. The lowest BCUT2D eigenvalue weighted by molar-refractivity contribution is -0.218. The van der Waals surface area contributed by atoms with Crippen LogP contribution in [0.25, 0.3) is 11.2 Å². The fraction of sp³-hybridized carbons (Fsp3) is 0.286. The van der Waals surface area contributed by atoms with Gasteiger partial charge in [0, 0.05) is 5.02 Å². The maximum atomic E-state index is 16.1. The summed E-state index contributed by atoms with van der Waals surface area (Å²) >= 11 is 5.92. The molecule has 34 heavy (non-hydrogen) atoms. The molecule has 0 unspecified atom stereocenters. The highest BCUT2D eigenvalue weighted by molar-refractivity contribution is 6.30. The first kappa shape index (κ1) is 21.9. The van der Waals surface area contributed by atoms with E-state index in [0.717, 1.165) is 0 Å². The Morgan fingerprint density at radius 2 is 2.21 bits per heavy atom. The lowest BCUT2D eigenvalue weighted by Gasteiger charge is -2.24. The molecule has 4 atom stereocenters. The number of nitrogen functional groups attached to an aromatic ring is 1. The lowest BCUT2D eigenvalue weighted by atomic mass is 9.94. The van der Waals surface area contributed by atoms with Crippen molar-refractivity contribution in [2.45, 2.75) is 30.2 Å². The Kier molecular flexibility index (Phi) is 5.03. The van der Waals surface area contributed by atoms with Crippen molar-refractivity contribution in [2.75, 3.05) is 12.3 Å². The van der Waals surface area contributed by atoms with Gasteiger partial charge in [0.1, 0.15) is 11.8 Å². The van der Waals surface area contributed by atoms with Gasteiger partial charge in [-0.3, -0.25) is 9.36 Å². The first-order valence-corrected chi connectivity index (χ1v) is 10.2. The van der Waals surface area contributed by atoms with Gasteiger partial charge in [0.15, 0.2) is 24.3 Å². The standard InChI is InChI=1S/C21H15ClFN5O6/c1-2-20-17(32-19(30)34-20)21(23,8-31-13(29)7-11-4-3-5-12(22)6-11)33-18(20)28-10-27-14-15(24)25-9-26-16(14)28/h1,3-6,9-10,17-18H,7-8H2,(H2,24,25,26)/t17-,18+,20+,21+/m0/s1. The zero-order valence-electron chi connectivity index (χ0n) is 17.2. The molecule has 13 heteroatoms. The third-order valence-corrected chi connectivity index (χ3v) is 5.69. The van der Waals surface area contributed by atoms with Crippen LogP contribution in [0.3, 0.4) is 0 Å². The Bertz CT molecular complexity index is 1360. The molecule has 2 aromatic heterocycles. The van der Waals surface area contributed by atoms with E-state index in [0.29, 0.717) is 10.6 Å². The number of nitrogens with two attached hydrogens (primary N) is 1. The number of ether oxygens (including phenoxy) is 4. The largest absolute Gasteiger partial charge is 0.510 e. The zero-order chi connectivity index (χ0) is 24.1. The zero-order valence-corrected chi connectivity index (χ0v) is 17.9. The van der Waals surface area contributed by atoms with Crippen LogP contribution in [0.1, 0.15) is 11.8 Å². The molecule has 1 aromatic carbocycles. The summed E-state index contributed by atoms with van der Waals surface area (Å²) in [7, 11) is 0. The topological polar surface area (TPSA) is 141 Å². The Morgan fingerprint density at radius 1 is 1.38 bits per heavy atom. The number of anilines is 1. The van der Waals surface area contributed by atoms with Gasteiger partial charge in [-0.1, -0.05) is 23.7 Å². The second kappa shape index (κ2) is 7.82. The van der Waals surface area contributed by atoms with Crippen LogP contribution in [-0.4, -0.2) is 55.8 Å². The second-order valence-corrected chi connectivity index (χ2v) is 8.03. The molecule has 3 aromatic rings. The van der Waals surface area contributed by atoms with Crippen LogP contribution in [0.4, 0.5) is 15.0 Å². The molecule has 2 saturated heterocycles. The smallest absolute Gasteiger partial charge is 0.459 e. The number of terminal acetylenes is 1. The molecule has 174 valence electrons. The van der Waals surface area contributed by atoms with Crippen molar-refractivity contribution >= 4 is 40.7 Å². The number of rotatable bonds is 5. The summed E-state index contributed by atoms with van der Waals surface area (Å²) in [5, 5.41) is 0.431. The molecule has 0 spiro atoms. The number of aromatic nitrogens is 4. The van der Waals surface area contributed by atoms with E-state index in [1.165, 1.54) is 17.2 Å². The summed E-state index contributed by atoms with van der Waals surface area (Å²) in [4.78, 5) is 36.4. The lowest BCUT2D eigenvalue weighted by Crippen LogP contribution is -2.48. The van der Waals surface area contributed by atoms with Gasteiger partial charge in [-0.25, -0.2) is 24.1 Å². The van der Waals surface area contributed by atoms with Crippen molar-refractivity contribution in [3.63, 3.8) is 0 Å². The number of carbonyl (C=O) groups is 2. The summed E-state index contributed by atoms with van der Waals surface area (Å²) in [5.74, 6) is -1.28. The van der Waals surface area contributed by atoms with Crippen LogP contribution < -0.4 is 5.73 Å². The number of carbonyl (C=O) groups excluding carboxylic acids is 2. The number of hydrogen-bond acceptors (Lipinski definition) is 10. The highest BCUT2D eigenvalue weighted by Gasteiger charge is 2.74. The number of benzene rings is 1. The van der Waals surface area contributed by atoms with E-state index in [-0.39, 0.29) is 23.4 Å². The molecular weight excluding hydrogens is 473 g/mol. The maximum Gasteiger partial charge on any atom is 0.510 e. The van der Waals surface area contributed by atoms with Crippen LogP contribution >= 0.6 is 11.6 Å². The quantitative estimate of drug-likeness (QED) is 0.419. The number of esters is 1. The molecule has 0 amide bonds. The third kappa shape index (κ3) is 3.37. The van der Waals surface area contributed by atoms with Crippen molar-refractivity contribution in [3.05, 3.63) is 47.5 Å². The SMILES string of the molecule is C#C[C@@]12OC(=O)O[C@@H]1[C@@](F)(COC(=O)Cc1cccc(Cl)c1)O[C@H]2n1cnc2c(N)ncnc21. The molecule has 0 aliphatic carbocycles. The Morgan fingerprint density at radius 3 is 2.97 bits per heavy atom. The van der Waals surface area contributed by atoms with E-state index in [9.17, 15) is 9.59 Å². The van der Waals surface area contributed by atoms with Crippen molar-refractivity contribution in [2.24, 2.45) is 0 Å². The Hall–Kier alpha value is -3.95.